The fourth-order valence-corrected chi connectivity index (χ4v) is 9.33. The van der Waals surface area contributed by atoms with Crippen molar-refractivity contribution in [3.05, 3.63) is 89.6 Å². The number of hydrogen-bond donors (Lipinski definition) is 3. The highest BCUT2D eigenvalue weighted by Crippen LogP contribution is 2.37. The number of aliphatic hydroxyl groups excluding tert-OH is 1. The van der Waals surface area contributed by atoms with Gasteiger partial charge < -0.3 is 39.8 Å². The van der Waals surface area contributed by atoms with Crippen LogP contribution in [0.3, 0.4) is 0 Å². The number of hydrogen-bond acceptors (Lipinski definition) is 15. The first-order valence-electron chi connectivity index (χ1n) is 23.1. The van der Waals surface area contributed by atoms with Gasteiger partial charge in [0.25, 0.3) is 5.91 Å². The highest BCUT2D eigenvalue weighted by Gasteiger charge is 2.44. The fourth-order valence-electron chi connectivity index (χ4n) is 9.33. The summed E-state index contributed by atoms with van der Waals surface area (Å²) in [6, 6.07) is 17.0. The molecule has 0 bridgehead atoms. The van der Waals surface area contributed by atoms with Crippen LogP contribution in [0.15, 0.2) is 66.9 Å². The van der Waals surface area contributed by atoms with Gasteiger partial charge >= 0.3 is 0 Å². The minimum absolute atomic E-state index is 0.00546. The first kappa shape index (κ1) is 46.5. The van der Waals surface area contributed by atoms with Crippen molar-refractivity contribution in [1.82, 2.24) is 39.5 Å². The van der Waals surface area contributed by atoms with Crippen LogP contribution >= 0.6 is 0 Å². The number of nitrogens with two attached hydrogens (primary N) is 1. The topological polar surface area (TPSA) is 214 Å². The molecule has 0 radical (unpaired) electrons. The molecule has 0 saturated carbocycles. The number of nitrogen functional groups attached to an aromatic ring is 1. The Morgan fingerprint density at radius 1 is 0.824 bits per heavy atom. The Labute approximate surface area is 392 Å². The average Bonchev–Trinajstić information content (AvgIpc) is 3.80. The van der Waals surface area contributed by atoms with Crippen molar-refractivity contribution in [2.24, 2.45) is 0 Å². The summed E-state index contributed by atoms with van der Waals surface area (Å²) in [5.41, 5.74) is 11.6. The minimum atomic E-state index is -1.27. The number of ether oxygens (including phenoxy) is 3. The van der Waals surface area contributed by atoms with E-state index in [1.54, 1.807) is 35.4 Å². The Kier molecular flexibility index (Phi) is 14.2. The van der Waals surface area contributed by atoms with Gasteiger partial charge in [0.1, 0.15) is 29.0 Å². The molecule has 4 aliphatic heterocycles. The summed E-state index contributed by atoms with van der Waals surface area (Å²) in [5.74, 6) is -0.608. The van der Waals surface area contributed by atoms with E-state index in [1.165, 1.54) is 0 Å². The first-order chi connectivity index (χ1) is 33.0. The molecule has 9 rings (SSSR count). The highest BCUT2D eigenvalue weighted by atomic mass is 19.1. The Morgan fingerprint density at radius 2 is 1.54 bits per heavy atom. The van der Waals surface area contributed by atoms with Gasteiger partial charge in [-0.1, -0.05) is 6.07 Å². The maximum Gasteiger partial charge on any atom is 0.257 e. The molecule has 3 saturated heterocycles. The van der Waals surface area contributed by atoms with Gasteiger partial charge in [-0.05, 0) is 61.9 Å². The third-order valence-electron chi connectivity index (χ3n) is 13.0. The summed E-state index contributed by atoms with van der Waals surface area (Å²) in [6.45, 7) is 10.3. The zero-order valence-electron chi connectivity index (χ0n) is 38.0. The van der Waals surface area contributed by atoms with E-state index in [-0.39, 0.29) is 37.6 Å². The van der Waals surface area contributed by atoms with E-state index < -0.39 is 30.0 Å². The van der Waals surface area contributed by atoms with E-state index >= 15 is 4.39 Å². The number of anilines is 3. The number of imide groups is 1. The number of aromatic nitrogens is 4. The standard InChI is InChI=1S/C48H56FN11O8/c1-31-52-39-6-5-38(32-10-12-51-42(50)28-32)53-45(39)59(31)34-3-7-40(37(49)30-34)57-15-13-55(14-16-57)21-23-67-25-27-68-26-24-66-22-11-44(62)58-19-17-56(18-20-58)33-2-4-35-36(29-33)48(65)60(47(35)64)41-8-9-43(61)54-46(41)63/h2-7,10,12,28-30,41,47,64H,8-9,11,13-27H2,1H3,(H2,50,51)(H,54,61,63). The molecule has 2 atom stereocenters. The number of amides is 4. The summed E-state index contributed by atoms with van der Waals surface area (Å²) in [7, 11) is 0. The molecule has 68 heavy (non-hydrogen) atoms. The summed E-state index contributed by atoms with van der Waals surface area (Å²) in [5, 5.41) is 13.1. The van der Waals surface area contributed by atoms with Crippen LogP contribution in [-0.4, -0.2) is 168 Å². The van der Waals surface area contributed by atoms with Crippen LogP contribution in [0.5, 0.6) is 0 Å². The van der Waals surface area contributed by atoms with Crippen LogP contribution in [0.4, 0.5) is 21.6 Å². The summed E-state index contributed by atoms with van der Waals surface area (Å²) >= 11 is 0. The number of halogens is 1. The van der Waals surface area contributed by atoms with E-state index in [4.69, 9.17) is 24.9 Å². The molecule has 2 aromatic carbocycles. The van der Waals surface area contributed by atoms with Crippen LogP contribution in [0.1, 0.15) is 47.2 Å². The number of imidazole rings is 1. The molecule has 2 unspecified atom stereocenters. The summed E-state index contributed by atoms with van der Waals surface area (Å²) in [6.07, 6.45) is 0.892. The molecule has 4 aliphatic rings. The third kappa shape index (κ3) is 10.1. The number of pyridine rings is 2. The number of aliphatic hydroxyl groups is 1. The molecule has 5 aromatic rings. The monoisotopic (exact) mass is 933 g/mol. The van der Waals surface area contributed by atoms with Gasteiger partial charge in [-0.25, -0.2) is 19.3 Å². The molecule has 4 amide bonds. The molecule has 19 nitrogen and oxygen atoms in total. The lowest BCUT2D eigenvalue weighted by Gasteiger charge is -2.36. The lowest BCUT2D eigenvalue weighted by Crippen LogP contribution is -2.53. The van der Waals surface area contributed by atoms with Crippen LogP contribution in [0.2, 0.25) is 0 Å². The van der Waals surface area contributed by atoms with E-state index in [2.05, 4.69) is 30.0 Å². The van der Waals surface area contributed by atoms with Gasteiger partial charge in [0, 0.05) is 100.0 Å². The smallest absolute Gasteiger partial charge is 0.257 e. The average molecular weight is 934 g/mol. The van der Waals surface area contributed by atoms with Crippen LogP contribution in [-0.2, 0) is 28.6 Å². The number of nitrogens with zero attached hydrogens (tertiary/aromatic N) is 9. The lowest BCUT2D eigenvalue weighted by molar-refractivity contribution is -0.139. The Balaban J connectivity index is 0.619. The molecule has 3 aromatic heterocycles. The predicted octanol–water partition coefficient (Wildman–Crippen LogP) is 2.67. The molecule has 4 N–H and O–H groups in total. The molecule has 20 heteroatoms. The second-order valence-corrected chi connectivity index (χ2v) is 17.2. The van der Waals surface area contributed by atoms with Gasteiger partial charge in [0.2, 0.25) is 17.7 Å². The van der Waals surface area contributed by atoms with Gasteiger partial charge in [-0.3, -0.25) is 38.9 Å². The maximum absolute atomic E-state index is 15.7. The number of carbonyl (C=O) groups is 4. The van der Waals surface area contributed by atoms with Gasteiger partial charge in [0.05, 0.1) is 63.1 Å². The second kappa shape index (κ2) is 20.7. The normalized spacial score (nSPS) is 19.0. The van der Waals surface area contributed by atoms with Crippen molar-refractivity contribution < 1.29 is 42.9 Å². The van der Waals surface area contributed by atoms with Crippen molar-refractivity contribution in [2.75, 3.05) is 114 Å². The van der Waals surface area contributed by atoms with E-state index in [0.717, 1.165) is 41.5 Å². The van der Waals surface area contributed by atoms with Gasteiger partial charge in [-0.2, -0.15) is 0 Å². The van der Waals surface area contributed by atoms with E-state index in [0.29, 0.717) is 118 Å². The van der Waals surface area contributed by atoms with Crippen molar-refractivity contribution in [3.63, 3.8) is 0 Å². The zero-order valence-corrected chi connectivity index (χ0v) is 38.0. The number of piperidine rings is 1. The zero-order chi connectivity index (χ0) is 47.3. The minimum Gasteiger partial charge on any atom is -0.384 e. The molecule has 0 aliphatic carbocycles. The van der Waals surface area contributed by atoms with E-state index in [1.807, 2.05) is 47.9 Å². The molecular weight excluding hydrogens is 878 g/mol. The molecule has 0 spiro atoms. The van der Waals surface area contributed by atoms with Gasteiger partial charge in [0.15, 0.2) is 11.9 Å². The third-order valence-corrected chi connectivity index (χ3v) is 13.0. The summed E-state index contributed by atoms with van der Waals surface area (Å²) in [4.78, 5) is 73.3. The Morgan fingerprint density at radius 3 is 2.28 bits per heavy atom. The summed E-state index contributed by atoms with van der Waals surface area (Å²) < 4.78 is 34.7. The second-order valence-electron chi connectivity index (χ2n) is 17.2. The largest absolute Gasteiger partial charge is 0.384 e. The van der Waals surface area contributed by atoms with E-state index in [9.17, 15) is 24.3 Å². The number of fused-ring (bicyclic) bond motifs is 2. The number of benzene rings is 2. The van der Waals surface area contributed by atoms with Crippen LogP contribution < -0.4 is 20.9 Å². The number of aryl methyl sites for hydroxylation is 1. The molecular formula is C48H56FN11O8. The van der Waals surface area contributed by atoms with Crippen molar-refractivity contribution in [3.8, 4) is 16.9 Å². The molecule has 358 valence electrons. The number of rotatable bonds is 17. The maximum atomic E-state index is 15.7. The first-order valence-corrected chi connectivity index (χ1v) is 23.1. The van der Waals surface area contributed by atoms with Crippen molar-refractivity contribution >= 4 is 52.0 Å². The quantitative estimate of drug-likeness (QED) is 0.0904. The predicted molar refractivity (Wildman–Crippen MR) is 249 cm³/mol. The Bertz CT molecular complexity index is 2670. The van der Waals surface area contributed by atoms with Gasteiger partial charge in [-0.15, -0.1) is 0 Å². The number of piperazine rings is 2. The fraction of sp³-hybridized carbons (Fsp3) is 0.438. The van der Waals surface area contributed by atoms with Crippen molar-refractivity contribution in [2.45, 2.75) is 38.5 Å². The molecule has 7 heterocycles. The van der Waals surface area contributed by atoms with Crippen LogP contribution in [0, 0.1) is 12.7 Å². The lowest BCUT2D eigenvalue weighted by atomic mass is 10.0. The SMILES string of the molecule is Cc1nc2ccc(-c3ccnc(N)c3)nc2n1-c1ccc(N2CCN(CCOCCOCCOCCC(=O)N3CCN(c4ccc5c(c4)C(=O)N(C4CCC(=O)NC4=O)C5O)CC3)CC2)c(F)c1. The molecule has 3 fully saturated rings. The Hall–Kier alpha value is -6.58. The number of carbonyl (C=O) groups excluding carboxylic acids is 4. The van der Waals surface area contributed by atoms with Crippen molar-refractivity contribution in [1.29, 1.82) is 0 Å². The van der Waals surface area contributed by atoms with Crippen LogP contribution in [0.25, 0.3) is 28.1 Å². The number of nitrogens with one attached hydrogen (secondary N) is 1. The highest BCUT2D eigenvalue weighted by molar-refractivity contribution is 6.06.